The number of imidazole rings is 1. The minimum absolute atomic E-state index is 0.0830. The molecule has 0 spiro atoms. The third-order valence-corrected chi connectivity index (χ3v) is 4.80. The number of nitrogens with zero attached hydrogens (tertiary/aromatic N) is 2. The van der Waals surface area contributed by atoms with Crippen molar-refractivity contribution < 1.29 is 4.79 Å². The fourth-order valence-corrected chi connectivity index (χ4v) is 3.64. The Morgan fingerprint density at radius 3 is 3.05 bits per heavy atom. The Labute approximate surface area is 135 Å². The minimum atomic E-state index is -0.0830. The van der Waals surface area contributed by atoms with Gasteiger partial charge in [0.15, 0.2) is 0 Å². The number of aromatic nitrogens is 2. The van der Waals surface area contributed by atoms with Crippen LogP contribution in [0.1, 0.15) is 23.7 Å². The molecule has 1 aliphatic heterocycles. The van der Waals surface area contributed by atoms with Crippen molar-refractivity contribution in [3.05, 3.63) is 54.1 Å². The summed E-state index contributed by atoms with van der Waals surface area (Å²) < 4.78 is 2.14. The van der Waals surface area contributed by atoms with E-state index in [1.54, 1.807) is 11.8 Å². The van der Waals surface area contributed by atoms with Gasteiger partial charge >= 0.3 is 0 Å². The van der Waals surface area contributed by atoms with Gasteiger partial charge in [-0.15, -0.1) is 0 Å². The van der Waals surface area contributed by atoms with E-state index in [1.165, 1.54) is 0 Å². The normalized spacial score (nSPS) is 18.5. The molecule has 0 bridgehead atoms. The third kappa shape index (κ3) is 3.35. The molecule has 0 aliphatic carbocycles. The Kier molecular flexibility index (Phi) is 4.83. The summed E-state index contributed by atoms with van der Waals surface area (Å²) in [6.45, 7) is 0.821. The molecular formula is C17H21N3OS. The van der Waals surface area contributed by atoms with Gasteiger partial charge in [0.2, 0.25) is 5.91 Å². The molecule has 2 unspecified atom stereocenters. The van der Waals surface area contributed by atoms with Gasteiger partial charge in [0.25, 0.3) is 0 Å². The number of amides is 1. The fraction of sp³-hybridized carbons (Fsp3) is 0.412. The number of fused-ring (bicyclic) bond motifs is 1. The number of benzene rings is 1. The smallest absolute Gasteiger partial charge is 0.228 e. The first-order valence-corrected chi connectivity index (χ1v) is 9.01. The highest BCUT2D eigenvalue weighted by atomic mass is 32.2. The number of thioether (sulfide) groups is 1. The van der Waals surface area contributed by atoms with Gasteiger partial charge in [-0.25, -0.2) is 4.98 Å². The summed E-state index contributed by atoms with van der Waals surface area (Å²) in [5.74, 6) is 1.97. The van der Waals surface area contributed by atoms with E-state index in [0.717, 1.165) is 36.5 Å². The van der Waals surface area contributed by atoms with E-state index < -0.39 is 0 Å². The van der Waals surface area contributed by atoms with Crippen molar-refractivity contribution in [1.82, 2.24) is 14.9 Å². The van der Waals surface area contributed by atoms with Crippen LogP contribution in [0, 0.1) is 0 Å². The SMILES string of the molecule is CSCC(C(=O)NC1CCc2nccn2C1)c1ccccc1. The lowest BCUT2D eigenvalue weighted by molar-refractivity contribution is -0.123. The maximum Gasteiger partial charge on any atom is 0.228 e. The van der Waals surface area contributed by atoms with Crippen LogP contribution in [-0.2, 0) is 17.8 Å². The molecule has 22 heavy (non-hydrogen) atoms. The topological polar surface area (TPSA) is 46.9 Å². The van der Waals surface area contributed by atoms with Gasteiger partial charge in [-0.1, -0.05) is 30.3 Å². The molecule has 1 aromatic heterocycles. The third-order valence-electron chi connectivity index (χ3n) is 4.13. The number of aryl methyl sites for hydroxylation is 1. The zero-order valence-electron chi connectivity index (χ0n) is 12.7. The first-order valence-electron chi connectivity index (χ1n) is 7.62. The average molecular weight is 315 g/mol. The Morgan fingerprint density at radius 2 is 2.27 bits per heavy atom. The molecule has 1 aliphatic rings. The predicted octanol–water partition coefficient (Wildman–Crippen LogP) is 2.46. The molecule has 4 nitrogen and oxygen atoms in total. The van der Waals surface area contributed by atoms with Crippen LogP contribution in [0.5, 0.6) is 0 Å². The van der Waals surface area contributed by atoms with Crippen LogP contribution in [0.4, 0.5) is 0 Å². The van der Waals surface area contributed by atoms with Gasteiger partial charge in [-0.05, 0) is 18.2 Å². The summed E-state index contributed by atoms with van der Waals surface area (Å²) in [6, 6.07) is 10.2. The molecule has 1 N–H and O–H groups in total. The summed E-state index contributed by atoms with van der Waals surface area (Å²) in [7, 11) is 0. The molecule has 116 valence electrons. The van der Waals surface area contributed by atoms with Crippen LogP contribution in [0.25, 0.3) is 0 Å². The zero-order chi connectivity index (χ0) is 15.4. The monoisotopic (exact) mass is 315 g/mol. The first kappa shape index (κ1) is 15.2. The number of hydrogen-bond acceptors (Lipinski definition) is 3. The van der Waals surface area contributed by atoms with E-state index in [2.05, 4.69) is 14.9 Å². The highest BCUT2D eigenvalue weighted by molar-refractivity contribution is 7.98. The lowest BCUT2D eigenvalue weighted by atomic mass is 9.99. The summed E-state index contributed by atoms with van der Waals surface area (Å²) in [5, 5.41) is 3.23. The van der Waals surface area contributed by atoms with E-state index in [1.807, 2.05) is 49.0 Å². The molecule has 0 fully saturated rings. The van der Waals surface area contributed by atoms with Crippen LogP contribution in [0.3, 0.4) is 0 Å². The van der Waals surface area contributed by atoms with Crippen LogP contribution in [0.2, 0.25) is 0 Å². The summed E-state index contributed by atoms with van der Waals surface area (Å²) in [5.41, 5.74) is 1.09. The molecule has 5 heteroatoms. The maximum atomic E-state index is 12.7. The summed E-state index contributed by atoms with van der Waals surface area (Å²) in [6.07, 6.45) is 7.76. The summed E-state index contributed by atoms with van der Waals surface area (Å²) in [4.78, 5) is 17.0. The Morgan fingerprint density at radius 1 is 1.45 bits per heavy atom. The second-order valence-electron chi connectivity index (χ2n) is 5.66. The van der Waals surface area contributed by atoms with Gasteiger partial charge in [-0.2, -0.15) is 11.8 Å². The lowest BCUT2D eigenvalue weighted by Gasteiger charge is -2.27. The first-order chi connectivity index (χ1) is 10.8. The van der Waals surface area contributed by atoms with Crippen molar-refractivity contribution in [1.29, 1.82) is 0 Å². The number of carbonyl (C=O) groups is 1. The van der Waals surface area contributed by atoms with E-state index in [-0.39, 0.29) is 17.9 Å². The van der Waals surface area contributed by atoms with Crippen LogP contribution in [-0.4, -0.2) is 33.5 Å². The van der Waals surface area contributed by atoms with E-state index >= 15 is 0 Å². The minimum Gasteiger partial charge on any atom is -0.351 e. The summed E-state index contributed by atoms with van der Waals surface area (Å²) >= 11 is 1.71. The second kappa shape index (κ2) is 7.01. The Hall–Kier alpha value is -1.75. The van der Waals surface area contributed by atoms with Gasteiger partial charge in [-0.3, -0.25) is 4.79 Å². The van der Waals surface area contributed by atoms with E-state index in [9.17, 15) is 4.79 Å². The molecule has 1 aromatic carbocycles. The van der Waals surface area contributed by atoms with Crippen molar-refractivity contribution in [2.75, 3.05) is 12.0 Å². The van der Waals surface area contributed by atoms with Crippen LogP contribution in [0.15, 0.2) is 42.7 Å². The standard InChI is InChI=1S/C17H21N3OS/c1-22-12-15(13-5-3-2-4-6-13)17(21)19-14-7-8-16-18-9-10-20(16)11-14/h2-6,9-10,14-15H,7-8,11-12H2,1H3,(H,19,21). The van der Waals surface area contributed by atoms with Crippen molar-refractivity contribution in [2.45, 2.75) is 31.3 Å². The molecule has 3 rings (SSSR count). The molecule has 1 amide bonds. The van der Waals surface area contributed by atoms with Crippen LogP contribution < -0.4 is 5.32 Å². The molecule has 0 saturated heterocycles. The highest BCUT2D eigenvalue weighted by Crippen LogP contribution is 2.21. The largest absolute Gasteiger partial charge is 0.351 e. The highest BCUT2D eigenvalue weighted by Gasteiger charge is 2.25. The Bertz CT molecular complexity index is 626. The van der Waals surface area contributed by atoms with Crippen molar-refractivity contribution >= 4 is 17.7 Å². The predicted molar refractivity (Wildman–Crippen MR) is 90.0 cm³/mol. The number of hydrogen-bond donors (Lipinski definition) is 1. The van der Waals surface area contributed by atoms with Gasteiger partial charge in [0.05, 0.1) is 5.92 Å². The quantitative estimate of drug-likeness (QED) is 0.922. The van der Waals surface area contributed by atoms with E-state index in [4.69, 9.17) is 0 Å². The number of rotatable bonds is 5. The van der Waals surface area contributed by atoms with Crippen LogP contribution >= 0.6 is 11.8 Å². The van der Waals surface area contributed by atoms with Gasteiger partial charge in [0.1, 0.15) is 5.82 Å². The van der Waals surface area contributed by atoms with Gasteiger partial charge in [0, 0.05) is 37.2 Å². The maximum absolute atomic E-state index is 12.7. The number of nitrogens with one attached hydrogen (secondary N) is 1. The molecule has 0 radical (unpaired) electrons. The van der Waals surface area contributed by atoms with E-state index in [0.29, 0.717) is 0 Å². The van der Waals surface area contributed by atoms with Crippen molar-refractivity contribution in [3.63, 3.8) is 0 Å². The molecule has 0 saturated carbocycles. The Balaban J connectivity index is 1.67. The molecule has 2 aromatic rings. The molecule has 2 heterocycles. The average Bonchev–Trinajstić information content (AvgIpc) is 3.01. The van der Waals surface area contributed by atoms with Gasteiger partial charge < -0.3 is 9.88 Å². The van der Waals surface area contributed by atoms with Crippen molar-refractivity contribution in [3.8, 4) is 0 Å². The number of carbonyl (C=O) groups excluding carboxylic acids is 1. The molecule has 2 atom stereocenters. The van der Waals surface area contributed by atoms with Crippen molar-refractivity contribution in [2.24, 2.45) is 0 Å². The molecular weight excluding hydrogens is 294 g/mol. The zero-order valence-corrected chi connectivity index (χ0v) is 13.6. The lowest BCUT2D eigenvalue weighted by Crippen LogP contribution is -2.43. The fourth-order valence-electron chi connectivity index (χ4n) is 2.96. The second-order valence-corrected chi connectivity index (χ2v) is 6.57.